The fraction of sp³-hybridized carbons (Fsp3) is 0.190. The van der Waals surface area contributed by atoms with Crippen molar-refractivity contribution in [1.82, 2.24) is 0 Å². The Morgan fingerprint density at radius 3 is 2.43 bits per heavy atom. The third-order valence-corrected chi connectivity index (χ3v) is 4.10. The molecule has 0 fully saturated rings. The summed E-state index contributed by atoms with van der Waals surface area (Å²) in [7, 11) is 1.30. The number of benzene rings is 2. The van der Waals surface area contributed by atoms with Crippen molar-refractivity contribution >= 4 is 41.2 Å². The van der Waals surface area contributed by atoms with E-state index in [1.54, 1.807) is 42.5 Å². The number of amides is 1. The summed E-state index contributed by atoms with van der Waals surface area (Å²) in [6.45, 7) is 3.31. The van der Waals surface area contributed by atoms with Gasteiger partial charge in [0.25, 0.3) is 5.91 Å². The molecule has 1 N–H and O–H groups in total. The molecule has 6 nitrogen and oxygen atoms in total. The van der Waals surface area contributed by atoms with Crippen LogP contribution in [-0.2, 0) is 19.1 Å². The van der Waals surface area contributed by atoms with Crippen molar-refractivity contribution < 1.29 is 23.9 Å². The molecule has 0 aromatic heterocycles. The average molecular weight is 402 g/mol. The molecule has 1 amide bonds. The van der Waals surface area contributed by atoms with Gasteiger partial charge in [-0.15, -0.1) is 0 Å². The van der Waals surface area contributed by atoms with Gasteiger partial charge in [-0.2, -0.15) is 0 Å². The van der Waals surface area contributed by atoms with Crippen molar-refractivity contribution in [3.63, 3.8) is 0 Å². The molecule has 28 heavy (non-hydrogen) atoms. The Morgan fingerprint density at radius 1 is 1.11 bits per heavy atom. The summed E-state index contributed by atoms with van der Waals surface area (Å²) in [5.41, 5.74) is 2.49. The zero-order valence-corrected chi connectivity index (χ0v) is 16.4. The first-order chi connectivity index (χ1) is 13.3. The molecule has 0 aliphatic carbocycles. The van der Waals surface area contributed by atoms with Gasteiger partial charge in [-0.25, -0.2) is 9.59 Å². The van der Waals surface area contributed by atoms with Gasteiger partial charge in [-0.05, 0) is 55.3 Å². The van der Waals surface area contributed by atoms with E-state index in [1.807, 2.05) is 6.92 Å². The van der Waals surface area contributed by atoms with E-state index in [1.165, 1.54) is 26.2 Å². The number of carbonyl (C=O) groups is 3. The monoisotopic (exact) mass is 401 g/mol. The second-order valence-electron chi connectivity index (χ2n) is 5.97. The first kappa shape index (κ1) is 21.2. The average Bonchev–Trinajstić information content (AvgIpc) is 2.68. The lowest BCUT2D eigenvalue weighted by Crippen LogP contribution is -2.29. The molecule has 0 spiro atoms. The second kappa shape index (κ2) is 9.71. The van der Waals surface area contributed by atoms with Gasteiger partial charge in [0.15, 0.2) is 6.10 Å². The van der Waals surface area contributed by atoms with Crippen molar-refractivity contribution in [1.29, 1.82) is 0 Å². The number of rotatable bonds is 6. The largest absolute Gasteiger partial charge is 0.465 e. The molecular formula is C21H20ClNO5. The van der Waals surface area contributed by atoms with Gasteiger partial charge in [0.05, 0.1) is 12.7 Å². The molecule has 1 unspecified atom stereocenters. The minimum absolute atomic E-state index is 0.406. The van der Waals surface area contributed by atoms with E-state index in [9.17, 15) is 14.4 Å². The normalized spacial score (nSPS) is 11.7. The smallest absolute Gasteiger partial charge is 0.337 e. The first-order valence-electron chi connectivity index (χ1n) is 8.44. The topological polar surface area (TPSA) is 81.7 Å². The summed E-state index contributed by atoms with van der Waals surface area (Å²) in [6.07, 6.45) is 1.74. The maximum Gasteiger partial charge on any atom is 0.337 e. The van der Waals surface area contributed by atoms with E-state index in [0.717, 1.165) is 5.56 Å². The molecule has 1 atom stereocenters. The van der Waals surface area contributed by atoms with Crippen LogP contribution in [-0.4, -0.2) is 31.1 Å². The molecular weight excluding hydrogens is 382 g/mol. The van der Waals surface area contributed by atoms with Gasteiger partial charge in [-0.1, -0.05) is 29.8 Å². The van der Waals surface area contributed by atoms with Crippen molar-refractivity contribution in [3.05, 3.63) is 70.3 Å². The predicted octanol–water partition coefficient (Wildman–Crippen LogP) is 4.02. The molecule has 146 valence electrons. The van der Waals surface area contributed by atoms with Gasteiger partial charge in [0.1, 0.15) is 0 Å². The summed E-state index contributed by atoms with van der Waals surface area (Å²) >= 11 is 5.93. The van der Waals surface area contributed by atoms with Gasteiger partial charge in [0, 0.05) is 16.8 Å². The number of aryl methyl sites for hydroxylation is 1. The van der Waals surface area contributed by atoms with Gasteiger partial charge in [-0.3, -0.25) is 4.79 Å². The maximum absolute atomic E-state index is 12.2. The van der Waals surface area contributed by atoms with E-state index >= 15 is 0 Å². The summed E-state index contributed by atoms with van der Waals surface area (Å²) in [4.78, 5) is 35.5. The standard InChI is InChI=1S/C21H20ClNO5/c1-13-4-10-17(22)12-18(13)23-20(25)14(2)28-19(24)11-7-15-5-8-16(9-6-15)21(26)27-3/h4-12,14H,1-3H3,(H,23,25)/b11-7+. The third kappa shape index (κ3) is 5.96. The lowest BCUT2D eigenvalue weighted by atomic mass is 10.1. The molecule has 0 saturated heterocycles. The van der Waals surface area contributed by atoms with E-state index < -0.39 is 23.9 Å². The van der Waals surface area contributed by atoms with Gasteiger partial charge >= 0.3 is 11.9 Å². The SMILES string of the molecule is COC(=O)c1ccc(/C=C/C(=O)OC(C)C(=O)Nc2cc(Cl)ccc2C)cc1. The molecule has 0 aliphatic rings. The Kier molecular flexibility index (Phi) is 7.35. The Morgan fingerprint density at radius 2 is 1.79 bits per heavy atom. The van der Waals surface area contributed by atoms with Gasteiger partial charge in [0.2, 0.25) is 0 Å². The van der Waals surface area contributed by atoms with Crippen molar-refractivity contribution in [2.45, 2.75) is 20.0 Å². The molecule has 0 radical (unpaired) electrons. The highest BCUT2D eigenvalue weighted by Crippen LogP contribution is 2.20. The minimum atomic E-state index is -0.989. The number of halogens is 1. The second-order valence-corrected chi connectivity index (χ2v) is 6.41. The molecule has 2 aromatic carbocycles. The molecule has 2 aromatic rings. The quantitative estimate of drug-likeness (QED) is 0.584. The van der Waals surface area contributed by atoms with Gasteiger partial charge < -0.3 is 14.8 Å². The van der Waals surface area contributed by atoms with Crippen molar-refractivity contribution in [2.24, 2.45) is 0 Å². The van der Waals surface area contributed by atoms with Crippen molar-refractivity contribution in [2.75, 3.05) is 12.4 Å². The molecule has 0 heterocycles. The molecule has 7 heteroatoms. The summed E-state index contributed by atoms with van der Waals surface area (Å²) in [6, 6.07) is 11.6. The number of hydrogen-bond donors (Lipinski definition) is 1. The first-order valence-corrected chi connectivity index (χ1v) is 8.82. The fourth-order valence-electron chi connectivity index (χ4n) is 2.24. The lowest BCUT2D eigenvalue weighted by Gasteiger charge is -2.14. The van der Waals surface area contributed by atoms with Crippen LogP contribution in [0.4, 0.5) is 5.69 Å². The highest BCUT2D eigenvalue weighted by Gasteiger charge is 2.17. The van der Waals surface area contributed by atoms with Crippen LogP contribution in [0.1, 0.15) is 28.4 Å². The Labute approximate surface area is 168 Å². The Hall–Kier alpha value is -3.12. The van der Waals surface area contributed by atoms with E-state index in [-0.39, 0.29) is 0 Å². The highest BCUT2D eigenvalue weighted by molar-refractivity contribution is 6.31. The molecule has 0 bridgehead atoms. The molecule has 0 aliphatic heterocycles. The number of ether oxygens (including phenoxy) is 2. The van der Waals surface area contributed by atoms with Crippen LogP contribution in [0.5, 0.6) is 0 Å². The maximum atomic E-state index is 12.2. The fourth-order valence-corrected chi connectivity index (χ4v) is 2.41. The van der Waals surface area contributed by atoms with Crippen LogP contribution in [0.25, 0.3) is 6.08 Å². The predicted molar refractivity (Wildman–Crippen MR) is 107 cm³/mol. The zero-order chi connectivity index (χ0) is 20.7. The summed E-state index contributed by atoms with van der Waals surface area (Å²) in [5, 5.41) is 3.18. The van der Waals surface area contributed by atoms with Crippen LogP contribution in [0.3, 0.4) is 0 Å². The van der Waals surface area contributed by atoms with Crippen LogP contribution < -0.4 is 5.32 Å². The van der Waals surface area contributed by atoms with Crippen LogP contribution in [0.2, 0.25) is 5.02 Å². The number of methoxy groups -OCH3 is 1. The Balaban J connectivity index is 1.92. The lowest BCUT2D eigenvalue weighted by molar-refractivity contribution is -0.148. The van der Waals surface area contributed by atoms with E-state index in [0.29, 0.717) is 21.8 Å². The van der Waals surface area contributed by atoms with Crippen molar-refractivity contribution in [3.8, 4) is 0 Å². The van der Waals surface area contributed by atoms with Crippen LogP contribution >= 0.6 is 11.6 Å². The number of esters is 2. The van der Waals surface area contributed by atoms with Crippen LogP contribution in [0.15, 0.2) is 48.5 Å². The van der Waals surface area contributed by atoms with Crippen LogP contribution in [0, 0.1) is 6.92 Å². The highest BCUT2D eigenvalue weighted by atomic mass is 35.5. The minimum Gasteiger partial charge on any atom is -0.465 e. The number of nitrogens with one attached hydrogen (secondary N) is 1. The Bertz CT molecular complexity index is 906. The molecule has 0 saturated carbocycles. The summed E-state index contributed by atoms with van der Waals surface area (Å²) in [5.74, 6) is -1.57. The number of hydrogen-bond acceptors (Lipinski definition) is 5. The van der Waals surface area contributed by atoms with E-state index in [2.05, 4.69) is 10.1 Å². The third-order valence-electron chi connectivity index (χ3n) is 3.86. The molecule has 2 rings (SSSR count). The van der Waals surface area contributed by atoms with E-state index in [4.69, 9.17) is 16.3 Å². The number of carbonyl (C=O) groups excluding carboxylic acids is 3. The summed E-state index contributed by atoms with van der Waals surface area (Å²) < 4.78 is 9.73. The number of anilines is 1. The zero-order valence-electron chi connectivity index (χ0n) is 15.7.